The number of carbonyl (C=O) groups is 1. The Labute approximate surface area is 157 Å². The summed E-state index contributed by atoms with van der Waals surface area (Å²) in [7, 11) is 1.90. The molecule has 0 unspecified atom stereocenters. The number of amides is 1. The van der Waals surface area contributed by atoms with Gasteiger partial charge >= 0.3 is 0 Å². The SMILES string of the molecule is CCNc1ccc(CN(C(=O)CCC(C)C)c2ccc(NC)cc2)cc1. The Balaban J connectivity index is 2.19. The topological polar surface area (TPSA) is 44.4 Å². The molecule has 0 spiro atoms. The first-order chi connectivity index (χ1) is 12.5. The first-order valence-electron chi connectivity index (χ1n) is 9.44. The molecule has 0 fully saturated rings. The van der Waals surface area contributed by atoms with Crippen molar-refractivity contribution in [2.45, 2.75) is 40.2 Å². The van der Waals surface area contributed by atoms with E-state index in [0.29, 0.717) is 18.9 Å². The average Bonchev–Trinajstić information content (AvgIpc) is 2.66. The van der Waals surface area contributed by atoms with Crippen LogP contribution in [0, 0.1) is 5.92 Å². The molecule has 0 aliphatic carbocycles. The highest BCUT2D eigenvalue weighted by Crippen LogP contribution is 2.22. The van der Waals surface area contributed by atoms with E-state index in [1.807, 2.05) is 36.2 Å². The van der Waals surface area contributed by atoms with Crippen LogP contribution in [-0.4, -0.2) is 19.5 Å². The number of benzene rings is 2. The normalized spacial score (nSPS) is 10.7. The second kappa shape index (κ2) is 9.85. The van der Waals surface area contributed by atoms with E-state index < -0.39 is 0 Å². The van der Waals surface area contributed by atoms with Crippen LogP contribution < -0.4 is 15.5 Å². The summed E-state index contributed by atoms with van der Waals surface area (Å²) in [6.07, 6.45) is 1.48. The van der Waals surface area contributed by atoms with Gasteiger partial charge in [0, 0.05) is 37.1 Å². The van der Waals surface area contributed by atoms with Crippen molar-refractivity contribution in [2.24, 2.45) is 5.92 Å². The van der Waals surface area contributed by atoms with E-state index in [4.69, 9.17) is 0 Å². The van der Waals surface area contributed by atoms with Crippen LogP contribution in [0.1, 0.15) is 39.2 Å². The molecule has 26 heavy (non-hydrogen) atoms. The lowest BCUT2D eigenvalue weighted by molar-refractivity contribution is -0.119. The van der Waals surface area contributed by atoms with Gasteiger partial charge in [-0.2, -0.15) is 0 Å². The number of hydrogen-bond acceptors (Lipinski definition) is 3. The van der Waals surface area contributed by atoms with E-state index in [1.165, 1.54) is 0 Å². The minimum absolute atomic E-state index is 0.173. The summed E-state index contributed by atoms with van der Waals surface area (Å²) in [5, 5.41) is 6.42. The highest BCUT2D eigenvalue weighted by molar-refractivity contribution is 5.93. The van der Waals surface area contributed by atoms with Gasteiger partial charge in [0.05, 0.1) is 6.54 Å². The Hall–Kier alpha value is -2.49. The zero-order valence-corrected chi connectivity index (χ0v) is 16.4. The van der Waals surface area contributed by atoms with Crippen molar-refractivity contribution >= 4 is 23.0 Å². The summed E-state index contributed by atoms with van der Waals surface area (Å²) in [5.41, 5.74) is 4.21. The molecule has 0 aliphatic heterocycles. The number of nitrogens with zero attached hydrogens (tertiary/aromatic N) is 1. The highest BCUT2D eigenvalue weighted by Gasteiger charge is 2.16. The fourth-order valence-electron chi connectivity index (χ4n) is 2.79. The average molecular weight is 354 g/mol. The second-order valence-corrected chi connectivity index (χ2v) is 6.94. The van der Waals surface area contributed by atoms with Crippen LogP contribution in [0.3, 0.4) is 0 Å². The van der Waals surface area contributed by atoms with Crippen LogP contribution in [0.25, 0.3) is 0 Å². The van der Waals surface area contributed by atoms with Crippen molar-refractivity contribution < 1.29 is 4.79 Å². The number of nitrogens with one attached hydrogen (secondary N) is 2. The van der Waals surface area contributed by atoms with Crippen molar-refractivity contribution in [3.63, 3.8) is 0 Å². The minimum atomic E-state index is 0.173. The van der Waals surface area contributed by atoms with E-state index in [0.717, 1.165) is 35.6 Å². The fraction of sp³-hybridized carbons (Fsp3) is 0.409. The number of rotatable bonds is 9. The van der Waals surface area contributed by atoms with E-state index in [1.54, 1.807) is 0 Å². The molecule has 0 aromatic heterocycles. The molecule has 140 valence electrons. The van der Waals surface area contributed by atoms with Gasteiger partial charge in [-0.25, -0.2) is 0 Å². The van der Waals surface area contributed by atoms with Crippen molar-refractivity contribution in [2.75, 3.05) is 29.1 Å². The maximum Gasteiger partial charge on any atom is 0.227 e. The Morgan fingerprint density at radius 2 is 1.62 bits per heavy atom. The van der Waals surface area contributed by atoms with Crippen LogP contribution in [0.15, 0.2) is 48.5 Å². The molecule has 4 nitrogen and oxygen atoms in total. The van der Waals surface area contributed by atoms with Gasteiger partial charge in [0.25, 0.3) is 0 Å². The number of carbonyl (C=O) groups excluding carboxylic acids is 1. The maximum absolute atomic E-state index is 12.9. The van der Waals surface area contributed by atoms with Gasteiger partial charge in [-0.3, -0.25) is 4.79 Å². The summed E-state index contributed by atoms with van der Waals surface area (Å²) in [6, 6.07) is 16.3. The van der Waals surface area contributed by atoms with Gasteiger partial charge in [-0.05, 0) is 61.2 Å². The fourth-order valence-corrected chi connectivity index (χ4v) is 2.79. The van der Waals surface area contributed by atoms with Crippen LogP contribution in [-0.2, 0) is 11.3 Å². The van der Waals surface area contributed by atoms with Gasteiger partial charge in [-0.15, -0.1) is 0 Å². The zero-order chi connectivity index (χ0) is 18.9. The van der Waals surface area contributed by atoms with Gasteiger partial charge in [0.2, 0.25) is 5.91 Å². The van der Waals surface area contributed by atoms with Gasteiger partial charge < -0.3 is 15.5 Å². The van der Waals surface area contributed by atoms with E-state index in [2.05, 4.69) is 55.7 Å². The molecule has 2 aromatic rings. The molecular formula is C22H31N3O. The molecule has 2 aromatic carbocycles. The van der Waals surface area contributed by atoms with Crippen LogP contribution >= 0.6 is 0 Å². The zero-order valence-electron chi connectivity index (χ0n) is 16.4. The Kier molecular flexibility index (Phi) is 7.52. The summed E-state index contributed by atoms with van der Waals surface area (Å²) in [6.45, 7) is 7.87. The number of anilines is 3. The molecule has 0 saturated heterocycles. The molecule has 0 radical (unpaired) electrons. The predicted octanol–water partition coefficient (Wildman–Crippen LogP) is 5.13. The molecule has 4 heteroatoms. The van der Waals surface area contributed by atoms with E-state index in [9.17, 15) is 4.79 Å². The standard InChI is InChI=1S/C22H31N3O/c1-5-24-20-9-7-18(8-10-20)16-25(22(26)15-6-17(2)3)21-13-11-19(23-4)12-14-21/h7-14,17,23-24H,5-6,15-16H2,1-4H3. The monoisotopic (exact) mass is 353 g/mol. The largest absolute Gasteiger partial charge is 0.388 e. The molecule has 0 aliphatic rings. The third-order valence-electron chi connectivity index (χ3n) is 4.38. The summed E-state index contributed by atoms with van der Waals surface area (Å²) < 4.78 is 0. The van der Waals surface area contributed by atoms with Crippen LogP contribution in [0.5, 0.6) is 0 Å². The minimum Gasteiger partial charge on any atom is -0.388 e. The Morgan fingerprint density at radius 3 is 2.15 bits per heavy atom. The molecule has 0 atom stereocenters. The third-order valence-corrected chi connectivity index (χ3v) is 4.38. The lowest BCUT2D eigenvalue weighted by Gasteiger charge is -2.24. The van der Waals surface area contributed by atoms with E-state index >= 15 is 0 Å². The van der Waals surface area contributed by atoms with Gasteiger partial charge in [-0.1, -0.05) is 26.0 Å². The molecule has 2 N–H and O–H groups in total. The first-order valence-corrected chi connectivity index (χ1v) is 9.44. The van der Waals surface area contributed by atoms with E-state index in [-0.39, 0.29) is 5.91 Å². The van der Waals surface area contributed by atoms with Crippen molar-refractivity contribution in [1.29, 1.82) is 0 Å². The smallest absolute Gasteiger partial charge is 0.227 e. The van der Waals surface area contributed by atoms with Crippen LogP contribution in [0.2, 0.25) is 0 Å². The van der Waals surface area contributed by atoms with Gasteiger partial charge in [0.1, 0.15) is 0 Å². The van der Waals surface area contributed by atoms with Crippen molar-refractivity contribution in [3.8, 4) is 0 Å². The van der Waals surface area contributed by atoms with Crippen molar-refractivity contribution in [3.05, 3.63) is 54.1 Å². The first kappa shape index (κ1) is 19.8. The number of hydrogen-bond donors (Lipinski definition) is 2. The maximum atomic E-state index is 12.9. The van der Waals surface area contributed by atoms with Crippen molar-refractivity contribution in [1.82, 2.24) is 0 Å². The summed E-state index contributed by atoms with van der Waals surface area (Å²) in [5.74, 6) is 0.693. The Bertz CT molecular complexity index is 678. The summed E-state index contributed by atoms with van der Waals surface area (Å²) in [4.78, 5) is 14.8. The van der Waals surface area contributed by atoms with Crippen LogP contribution in [0.4, 0.5) is 17.1 Å². The third kappa shape index (κ3) is 5.80. The molecule has 0 bridgehead atoms. The highest BCUT2D eigenvalue weighted by atomic mass is 16.2. The predicted molar refractivity (Wildman–Crippen MR) is 112 cm³/mol. The molecule has 1 amide bonds. The molecule has 0 saturated carbocycles. The molecule has 2 rings (SSSR count). The summed E-state index contributed by atoms with van der Waals surface area (Å²) >= 11 is 0. The lowest BCUT2D eigenvalue weighted by Crippen LogP contribution is -2.30. The van der Waals surface area contributed by atoms with Gasteiger partial charge in [0.15, 0.2) is 0 Å². The molecular weight excluding hydrogens is 322 g/mol. The second-order valence-electron chi connectivity index (χ2n) is 6.94. The molecule has 0 heterocycles. The Morgan fingerprint density at radius 1 is 1.00 bits per heavy atom. The quantitative estimate of drug-likeness (QED) is 0.657. The lowest BCUT2D eigenvalue weighted by atomic mass is 10.1.